The number of nitrogens with zero attached hydrogens (tertiary/aromatic N) is 4. The highest BCUT2D eigenvalue weighted by molar-refractivity contribution is 5.74. The van der Waals surface area contributed by atoms with Gasteiger partial charge in [0.15, 0.2) is 29.8 Å². The van der Waals surface area contributed by atoms with Crippen LogP contribution in [0.1, 0.15) is 32.7 Å². The van der Waals surface area contributed by atoms with Gasteiger partial charge >= 0.3 is 24.1 Å². The summed E-state index contributed by atoms with van der Waals surface area (Å²) in [7, 11) is 0. The molecule has 2 aromatic heterocycles. The second-order valence-electron chi connectivity index (χ2n) is 6.56. The van der Waals surface area contributed by atoms with Crippen LogP contribution in [-0.2, 0) is 39.5 Å². The summed E-state index contributed by atoms with van der Waals surface area (Å²) in [5.74, 6) is -2.15. The van der Waals surface area contributed by atoms with E-state index in [0.29, 0.717) is 6.33 Å². The van der Waals surface area contributed by atoms with Gasteiger partial charge in [-0.15, -0.1) is 0 Å². The highest BCUT2D eigenvalue weighted by Crippen LogP contribution is 2.37. The number of halogens is 3. The number of hydrogen-bond donors (Lipinski definition) is 0. The van der Waals surface area contributed by atoms with Crippen molar-refractivity contribution in [1.82, 2.24) is 19.5 Å². The maximum Gasteiger partial charge on any atom is 0.435 e. The average molecular weight is 446 g/mol. The number of esters is 3. The van der Waals surface area contributed by atoms with Gasteiger partial charge in [0.1, 0.15) is 24.6 Å². The Hall–Kier alpha value is -3.29. The summed E-state index contributed by atoms with van der Waals surface area (Å²) in [6.45, 7) is 2.99. The second-order valence-corrected chi connectivity index (χ2v) is 6.56. The van der Waals surface area contributed by atoms with Gasteiger partial charge < -0.3 is 18.9 Å². The summed E-state index contributed by atoms with van der Waals surface area (Å²) in [5, 5.41) is 0. The lowest BCUT2D eigenvalue weighted by atomic mass is 10.1. The van der Waals surface area contributed by atoms with Crippen molar-refractivity contribution in [3.63, 3.8) is 0 Å². The molecule has 1 fully saturated rings. The fraction of sp³-hybridized carbons (Fsp3) is 0.529. The van der Waals surface area contributed by atoms with Crippen LogP contribution >= 0.6 is 0 Å². The van der Waals surface area contributed by atoms with Crippen molar-refractivity contribution in [2.75, 3.05) is 6.61 Å². The molecular weight excluding hydrogens is 429 g/mol. The van der Waals surface area contributed by atoms with Gasteiger partial charge in [-0.1, -0.05) is 0 Å². The van der Waals surface area contributed by atoms with Crippen molar-refractivity contribution in [3.8, 4) is 0 Å². The fourth-order valence-electron chi connectivity index (χ4n) is 3.16. The molecule has 0 aliphatic carbocycles. The van der Waals surface area contributed by atoms with Crippen LogP contribution in [0.3, 0.4) is 0 Å². The third-order valence-corrected chi connectivity index (χ3v) is 4.24. The zero-order valence-corrected chi connectivity index (χ0v) is 16.5. The quantitative estimate of drug-likeness (QED) is 0.487. The summed E-state index contributed by atoms with van der Waals surface area (Å²) in [6.07, 6.45) is -7.94. The minimum atomic E-state index is -4.79. The summed E-state index contributed by atoms with van der Waals surface area (Å²) >= 11 is 0. The molecule has 168 valence electrons. The zero-order chi connectivity index (χ0) is 22.9. The first-order valence-electron chi connectivity index (χ1n) is 8.87. The van der Waals surface area contributed by atoms with E-state index in [4.69, 9.17) is 18.9 Å². The molecule has 0 amide bonds. The van der Waals surface area contributed by atoms with Gasteiger partial charge in [0.25, 0.3) is 0 Å². The van der Waals surface area contributed by atoms with E-state index in [9.17, 15) is 27.6 Å². The van der Waals surface area contributed by atoms with Crippen LogP contribution in [-0.4, -0.2) is 62.3 Å². The lowest BCUT2D eigenvalue weighted by Crippen LogP contribution is -2.40. The van der Waals surface area contributed by atoms with Crippen LogP contribution in [0.2, 0.25) is 0 Å². The topological polar surface area (TPSA) is 132 Å². The zero-order valence-electron chi connectivity index (χ0n) is 16.5. The van der Waals surface area contributed by atoms with E-state index < -0.39 is 59.8 Å². The Morgan fingerprint density at radius 1 is 1.03 bits per heavy atom. The molecule has 1 aliphatic heterocycles. The minimum Gasteiger partial charge on any atom is -0.463 e. The summed E-state index contributed by atoms with van der Waals surface area (Å²) in [6, 6.07) is 0. The van der Waals surface area contributed by atoms with Gasteiger partial charge in [0, 0.05) is 20.8 Å². The fourth-order valence-corrected chi connectivity index (χ4v) is 3.16. The van der Waals surface area contributed by atoms with Crippen LogP contribution in [0.25, 0.3) is 11.2 Å². The number of carbonyl (C=O) groups excluding carboxylic acids is 3. The van der Waals surface area contributed by atoms with Gasteiger partial charge in [-0.2, -0.15) is 13.2 Å². The number of carbonyl (C=O) groups is 3. The van der Waals surface area contributed by atoms with Crippen LogP contribution in [0.5, 0.6) is 0 Å². The van der Waals surface area contributed by atoms with Gasteiger partial charge in [0.2, 0.25) is 0 Å². The molecule has 0 radical (unpaired) electrons. The van der Waals surface area contributed by atoms with Crippen molar-refractivity contribution in [3.05, 3.63) is 18.3 Å². The SMILES string of the molecule is CC(=O)OC[C@H]1O[C@@H](n2cnc3c(C(F)(F)F)ncnc32)[C@H](OC(C)=O)[C@@H]1OC(C)=O. The molecule has 4 atom stereocenters. The van der Waals surface area contributed by atoms with Crippen molar-refractivity contribution in [2.45, 2.75) is 51.5 Å². The maximum absolute atomic E-state index is 13.3. The molecule has 1 aliphatic rings. The predicted molar refractivity (Wildman–Crippen MR) is 92.0 cm³/mol. The molecule has 0 N–H and O–H groups in total. The first kappa shape index (κ1) is 22.4. The Kier molecular flexibility index (Phi) is 6.10. The normalized spacial score (nSPS) is 23.5. The smallest absolute Gasteiger partial charge is 0.435 e. The molecule has 14 heteroatoms. The molecule has 0 bridgehead atoms. The number of rotatable bonds is 5. The van der Waals surface area contributed by atoms with E-state index in [0.717, 1.165) is 31.7 Å². The van der Waals surface area contributed by atoms with Gasteiger partial charge in [-0.3, -0.25) is 19.0 Å². The van der Waals surface area contributed by atoms with E-state index in [-0.39, 0.29) is 12.3 Å². The third-order valence-electron chi connectivity index (χ3n) is 4.24. The molecule has 3 rings (SSSR count). The predicted octanol–water partition coefficient (Wildman–Crippen LogP) is 1.17. The van der Waals surface area contributed by atoms with Crippen molar-refractivity contribution >= 4 is 29.1 Å². The molecule has 0 unspecified atom stereocenters. The number of ether oxygens (including phenoxy) is 4. The first-order chi connectivity index (χ1) is 14.5. The molecule has 31 heavy (non-hydrogen) atoms. The Bertz CT molecular complexity index is 1010. The summed E-state index contributed by atoms with van der Waals surface area (Å²) in [5.41, 5.74) is -2.06. The van der Waals surface area contributed by atoms with Crippen molar-refractivity contribution in [2.24, 2.45) is 0 Å². The van der Waals surface area contributed by atoms with Crippen LogP contribution in [0, 0.1) is 0 Å². The highest BCUT2D eigenvalue weighted by atomic mass is 19.4. The number of hydrogen-bond acceptors (Lipinski definition) is 10. The summed E-state index contributed by atoms with van der Waals surface area (Å²) < 4.78 is 62.0. The van der Waals surface area contributed by atoms with Crippen molar-refractivity contribution in [1.29, 1.82) is 0 Å². The molecular formula is C17H17F3N4O7. The second kappa shape index (κ2) is 8.45. The van der Waals surface area contributed by atoms with E-state index >= 15 is 0 Å². The van der Waals surface area contributed by atoms with E-state index in [1.165, 1.54) is 0 Å². The number of fused-ring (bicyclic) bond motifs is 1. The molecule has 3 heterocycles. The van der Waals surface area contributed by atoms with Crippen LogP contribution < -0.4 is 0 Å². The summed E-state index contributed by atoms with van der Waals surface area (Å²) in [4.78, 5) is 45.3. The maximum atomic E-state index is 13.3. The average Bonchev–Trinajstić information content (AvgIpc) is 3.20. The van der Waals surface area contributed by atoms with Crippen LogP contribution in [0.4, 0.5) is 13.2 Å². The first-order valence-corrected chi connectivity index (χ1v) is 8.87. The molecule has 1 saturated heterocycles. The van der Waals surface area contributed by atoms with Crippen molar-refractivity contribution < 1.29 is 46.5 Å². The number of imidazole rings is 1. The van der Waals surface area contributed by atoms with Gasteiger partial charge in [-0.25, -0.2) is 15.0 Å². The third kappa shape index (κ3) is 4.73. The molecule has 2 aromatic rings. The van der Waals surface area contributed by atoms with E-state index in [1.54, 1.807) is 0 Å². The van der Waals surface area contributed by atoms with Gasteiger partial charge in [0.05, 0.1) is 6.33 Å². The Balaban J connectivity index is 2.06. The van der Waals surface area contributed by atoms with E-state index in [1.807, 2.05) is 0 Å². The lowest BCUT2D eigenvalue weighted by molar-refractivity contribution is -0.166. The molecule has 11 nitrogen and oxygen atoms in total. The Labute approximate surface area is 172 Å². The molecule has 0 spiro atoms. The Morgan fingerprint density at radius 3 is 2.26 bits per heavy atom. The lowest BCUT2D eigenvalue weighted by Gasteiger charge is -2.23. The standard InChI is InChI=1S/C17H17F3N4O7/c1-7(25)28-4-10-12(29-8(2)26)13(30-9(3)27)16(31-10)24-6-23-11-14(17(18,19)20)21-5-22-15(11)24/h5-6,10,12-13,16H,4H2,1-3H3/t10-,12-,13-,16-/m1/s1. The van der Waals surface area contributed by atoms with Crippen LogP contribution in [0.15, 0.2) is 12.7 Å². The van der Waals surface area contributed by atoms with Gasteiger partial charge in [-0.05, 0) is 0 Å². The highest BCUT2D eigenvalue weighted by Gasteiger charge is 2.51. The molecule has 0 saturated carbocycles. The molecule has 0 aromatic carbocycles. The minimum absolute atomic E-state index is 0.251. The number of alkyl halides is 3. The largest absolute Gasteiger partial charge is 0.463 e. The number of aromatic nitrogens is 4. The van der Waals surface area contributed by atoms with E-state index in [2.05, 4.69) is 15.0 Å². The monoisotopic (exact) mass is 446 g/mol. The Morgan fingerprint density at radius 2 is 1.68 bits per heavy atom.